The van der Waals surface area contributed by atoms with E-state index >= 15 is 0 Å². The van der Waals surface area contributed by atoms with Crippen LogP contribution in [0.1, 0.15) is 32.6 Å². The SMILES string of the molecule is CCNC(=O)C1CCC(Nc2ncc(Cl)c(-n3nnc4ccccc43)n2)CC1. The van der Waals surface area contributed by atoms with Crippen LogP contribution in [-0.4, -0.2) is 43.5 Å². The molecule has 2 N–H and O–H groups in total. The van der Waals surface area contributed by atoms with E-state index in [1.165, 1.54) is 0 Å². The summed E-state index contributed by atoms with van der Waals surface area (Å²) in [5, 5.41) is 15.0. The number of anilines is 1. The summed E-state index contributed by atoms with van der Waals surface area (Å²) in [6, 6.07) is 7.87. The zero-order valence-electron chi connectivity index (χ0n) is 15.6. The number of halogens is 1. The van der Waals surface area contributed by atoms with Crippen LogP contribution < -0.4 is 10.6 Å². The number of carbonyl (C=O) groups is 1. The van der Waals surface area contributed by atoms with Crippen molar-refractivity contribution in [1.82, 2.24) is 30.3 Å². The first-order valence-corrected chi connectivity index (χ1v) is 9.91. The molecule has 1 aromatic carbocycles. The number of hydrogen-bond acceptors (Lipinski definition) is 6. The molecular weight excluding hydrogens is 378 g/mol. The molecular formula is C19H22ClN7O. The topological polar surface area (TPSA) is 97.6 Å². The maximum absolute atomic E-state index is 12.0. The van der Waals surface area contributed by atoms with Gasteiger partial charge in [0.25, 0.3) is 0 Å². The third-order valence-electron chi connectivity index (χ3n) is 5.06. The highest BCUT2D eigenvalue weighted by Gasteiger charge is 2.26. The highest BCUT2D eigenvalue weighted by molar-refractivity contribution is 6.32. The molecule has 1 amide bonds. The number of rotatable bonds is 5. The fourth-order valence-electron chi connectivity index (χ4n) is 3.60. The van der Waals surface area contributed by atoms with Gasteiger partial charge in [0.05, 0.1) is 11.7 Å². The fraction of sp³-hybridized carbons (Fsp3) is 0.421. The Balaban J connectivity index is 1.49. The second-order valence-electron chi connectivity index (χ2n) is 6.94. The van der Waals surface area contributed by atoms with E-state index in [4.69, 9.17) is 11.6 Å². The molecule has 0 spiro atoms. The first-order chi connectivity index (χ1) is 13.7. The Bertz CT molecular complexity index is 981. The lowest BCUT2D eigenvalue weighted by Gasteiger charge is -2.28. The molecule has 1 aliphatic rings. The van der Waals surface area contributed by atoms with Crippen LogP contribution in [0.4, 0.5) is 5.95 Å². The first kappa shape index (κ1) is 18.6. The minimum absolute atomic E-state index is 0.0983. The van der Waals surface area contributed by atoms with Gasteiger partial charge in [-0.05, 0) is 44.7 Å². The lowest BCUT2D eigenvalue weighted by atomic mass is 9.85. The van der Waals surface area contributed by atoms with Crippen molar-refractivity contribution in [3.63, 3.8) is 0 Å². The second-order valence-corrected chi connectivity index (χ2v) is 7.35. The van der Waals surface area contributed by atoms with Crippen molar-refractivity contribution >= 4 is 34.5 Å². The molecule has 9 heteroatoms. The van der Waals surface area contributed by atoms with Gasteiger partial charge < -0.3 is 10.6 Å². The van der Waals surface area contributed by atoms with Gasteiger partial charge in [0.2, 0.25) is 11.9 Å². The van der Waals surface area contributed by atoms with Crippen LogP contribution in [0, 0.1) is 5.92 Å². The predicted molar refractivity (Wildman–Crippen MR) is 108 cm³/mol. The number of fused-ring (bicyclic) bond motifs is 1. The summed E-state index contributed by atoms with van der Waals surface area (Å²) in [6.45, 7) is 2.62. The minimum atomic E-state index is 0.0983. The number of benzene rings is 1. The smallest absolute Gasteiger partial charge is 0.224 e. The molecule has 1 fully saturated rings. The van der Waals surface area contributed by atoms with Gasteiger partial charge >= 0.3 is 0 Å². The third-order valence-corrected chi connectivity index (χ3v) is 5.33. The highest BCUT2D eigenvalue weighted by Crippen LogP contribution is 2.27. The van der Waals surface area contributed by atoms with E-state index < -0.39 is 0 Å². The average Bonchev–Trinajstić information content (AvgIpc) is 3.14. The number of para-hydroxylation sites is 1. The number of nitrogens with one attached hydrogen (secondary N) is 2. The van der Waals surface area contributed by atoms with Gasteiger partial charge in [-0.3, -0.25) is 4.79 Å². The van der Waals surface area contributed by atoms with Crippen molar-refractivity contribution in [2.75, 3.05) is 11.9 Å². The minimum Gasteiger partial charge on any atom is -0.356 e. The van der Waals surface area contributed by atoms with Crippen LogP contribution in [0.3, 0.4) is 0 Å². The molecule has 0 unspecified atom stereocenters. The number of nitrogens with zero attached hydrogens (tertiary/aromatic N) is 5. The molecule has 0 radical (unpaired) electrons. The van der Waals surface area contributed by atoms with Crippen molar-refractivity contribution in [2.24, 2.45) is 5.92 Å². The summed E-state index contributed by atoms with van der Waals surface area (Å²) in [4.78, 5) is 20.9. The maximum Gasteiger partial charge on any atom is 0.224 e. The van der Waals surface area contributed by atoms with Gasteiger partial charge in [-0.2, -0.15) is 9.67 Å². The van der Waals surface area contributed by atoms with Crippen LogP contribution in [0.25, 0.3) is 16.9 Å². The Morgan fingerprint density at radius 2 is 2.04 bits per heavy atom. The second kappa shape index (κ2) is 8.10. The van der Waals surface area contributed by atoms with Crippen molar-refractivity contribution in [3.05, 3.63) is 35.5 Å². The zero-order chi connectivity index (χ0) is 19.5. The van der Waals surface area contributed by atoms with E-state index in [-0.39, 0.29) is 17.9 Å². The van der Waals surface area contributed by atoms with E-state index in [1.54, 1.807) is 10.9 Å². The number of aromatic nitrogens is 5. The monoisotopic (exact) mass is 399 g/mol. The molecule has 0 aliphatic heterocycles. The number of hydrogen-bond donors (Lipinski definition) is 2. The Morgan fingerprint density at radius 3 is 2.82 bits per heavy atom. The molecule has 2 aromatic heterocycles. The Labute approximate surface area is 167 Å². The summed E-state index contributed by atoms with van der Waals surface area (Å²) < 4.78 is 1.62. The lowest BCUT2D eigenvalue weighted by molar-refractivity contribution is -0.125. The summed E-state index contributed by atoms with van der Waals surface area (Å²) in [5.74, 6) is 1.24. The molecule has 0 atom stereocenters. The van der Waals surface area contributed by atoms with E-state index in [1.807, 2.05) is 31.2 Å². The van der Waals surface area contributed by atoms with Crippen molar-refractivity contribution < 1.29 is 4.79 Å². The van der Waals surface area contributed by atoms with Crippen LogP contribution in [-0.2, 0) is 4.79 Å². The summed E-state index contributed by atoms with van der Waals surface area (Å²) in [5.41, 5.74) is 1.60. The third kappa shape index (κ3) is 3.77. The highest BCUT2D eigenvalue weighted by atomic mass is 35.5. The van der Waals surface area contributed by atoms with E-state index in [9.17, 15) is 4.79 Å². The van der Waals surface area contributed by atoms with E-state index in [0.717, 1.165) is 36.7 Å². The molecule has 28 heavy (non-hydrogen) atoms. The lowest BCUT2D eigenvalue weighted by Crippen LogP contribution is -2.36. The fourth-order valence-corrected chi connectivity index (χ4v) is 3.77. The standard InChI is InChI=1S/C19H22ClN7O/c1-2-21-18(28)12-7-9-13(10-8-12)23-19-22-11-14(20)17(24-19)27-16-6-4-3-5-15(16)25-26-27/h3-6,11-13H,2,7-10H2,1H3,(H,21,28)(H,22,23,24). The molecule has 1 aliphatic carbocycles. The summed E-state index contributed by atoms with van der Waals surface area (Å²) in [6.07, 6.45) is 5.09. The zero-order valence-corrected chi connectivity index (χ0v) is 16.4. The van der Waals surface area contributed by atoms with Gasteiger partial charge in [0.1, 0.15) is 10.5 Å². The maximum atomic E-state index is 12.0. The molecule has 3 aromatic rings. The molecule has 2 heterocycles. The largest absolute Gasteiger partial charge is 0.356 e. The Morgan fingerprint density at radius 1 is 1.25 bits per heavy atom. The predicted octanol–water partition coefficient (Wildman–Crippen LogP) is 2.97. The van der Waals surface area contributed by atoms with Gasteiger partial charge in [-0.15, -0.1) is 5.10 Å². The van der Waals surface area contributed by atoms with Crippen LogP contribution in [0.15, 0.2) is 30.5 Å². The molecule has 0 bridgehead atoms. The molecule has 4 rings (SSSR count). The quantitative estimate of drug-likeness (QED) is 0.684. The van der Waals surface area contributed by atoms with Crippen LogP contribution in [0.5, 0.6) is 0 Å². The number of amides is 1. The number of carbonyl (C=O) groups excluding carboxylic acids is 1. The molecule has 1 saturated carbocycles. The van der Waals surface area contributed by atoms with E-state index in [0.29, 0.717) is 23.3 Å². The Kier molecular flexibility index (Phi) is 5.38. The van der Waals surface area contributed by atoms with Gasteiger partial charge in [0.15, 0.2) is 5.82 Å². The van der Waals surface area contributed by atoms with Crippen molar-refractivity contribution in [3.8, 4) is 5.82 Å². The summed E-state index contributed by atoms with van der Waals surface area (Å²) >= 11 is 6.33. The first-order valence-electron chi connectivity index (χ1n) is 9.53. The van der Waals surface area contributed by atoms with Crippen molar-refractivity contribution in [1.29, 1.82) is 0 Å². The van der Waals surface area contributed by atoms with Crippen molar-refractivity contribution in [2.45, 2.75) is 38.6 Å². The summed E-state index contributed by atoms with van der Waals surface area (Å²) in [7, 11) is 0. The molecule has 0 saturated heterocycles. The van der Waals surface area contributed by atoms with Crippen LogP contribution >= 0.6 is 11.6 Å². The Hall–Kier alpha value is -2.74. The van der Waals surface area contributed by atoms with Gasteiger partial charge in [-0.25, -0.2) is 4.98 Å². The van der Waals surface area contributed by atoms with Gasteiger partial charge in [0, 0.05) is 18.5 Å². The van der Waals surface area contributed by atoms with Gasteiger partial charge in [-0.1, -0.05) is 28.9 Å². The molecule has 8 nitrogen and oxygen atoms in total. The normalized spacial score (nSPS) is 19.5. The van der Waals surface area contributed by atoms with E-state index in [2.05, 4.69) is 30.9 Å². The average molecular weight is 400 g/mol. The van der Waals surface area contributed by atoms with Crippen LogP contribution in [0.2, 0.25) is 5.02 Å². The molecule has 146 valence electrons.